The SMILES string of the molecule is C=CC(=O)NCO.C=CC(=O)NCO.CC(C)(CO)CO. The molecule has 2 amide bonds. The van der Waals surface area contributed by atoms with E-state index >= 15 is 0 Å². The van der Waals surface area contributed by atoms with E-state index in [1.54, 1.807) is 13.8 Å². The van der Waals surface area contributed by atoms with Gasteiger partial charge in [-0.2, -0.15) is 0 Å². The summed E-state index contributed by atoms with van der Waals surface area (Å²) in [7, 11) is 0. The highest BCUT2D eigenvalue weighted by Crippen LogP contribution is 2.10. The third-order valence-corrected chi connectivity index (χ3v) is 1.73. The van der Waals surface area contributed by atoms with Crippen LogP contribution in [-0.2, 0) is 9.59 Å². The second-order valence-corrected chi connectivity index (χ2v) is 4.29. The van der Waals surface area contributed by atoms with Gasteiger partial charge >= 0.3 is 0 Å². The van der Waals surface area contributed by atoms with Gasteiger partial charge in [-0.3, -0.25) is 9.59 Å². The van der Waals surface area contributed by atoms with E-state index < -0.39 is 0 Å². The molecule has 0 spiro atoms. The van der Waals surface area contributed by atoms with Gasteiger partial charge in [0.1, 0.15) is 13.5 Å². The molecule has 124 valence electrons. The number of amides is 2. The lowest BCUT2D eigenvalue weighted by atomic mass is 9.97. The Hall–Kier alpha value is -1.74. The number of hydrogen-bond donors (Lipinski definition) is 6. The Morgan fingerprint density at radius 2 is 1.19 bits per heavy atom. The van der Waals surface area contributed by atoms with Gasteiger partial charge in [-0.15, -0.1) is 0 Å². The van der Waals surface area contributed by atoms with Gasteiger partial charge in [0.2, 0.25) is 11.8 Å². The Morgan fingerprint density at radius 3 is 1.24 bits per heavy atom. The molecule has 21 heavy (non-hydrogen) atoms. The maximum Gasteiger partial charge on any atom is 0.245 e. The fourth-order valence-corrected chi connectivity index (χ4v) is 0.350. The van der Waals surface area contributed by atoms with Crippen molar-refractivity contribution in [2.75, 3.05) is 26.7 Å². The van der Waals surface area contributed by atoms with Crippen molar-refractivity contribution >= 4 is 11.8 Å². The van der Waals surface area contributed by atoms with Crippen molar-refractivity contribution in [3.8, 4) is 0 Å². The van der Waals surface area contributed by atoms with Crippen molar-refractivity contribution in [2.45, 2.75) is 13.8 Å². The second kappa shape index (κ2) is 16.3. The second-order valence-electron chi connectivity index (χ2n) is 4.29. The minimum atomic E-state index is -0.359. The lowest BCUT2D eigenvalue weighted by molar-refractivity contribution is -0.118. The van der Waals surface area contributed by atoms with Crippen LogP contribution in [0.25, 0.3) is 0 Å². The zero-order valence-electron chi connectivity index (χ0n) is 12.5. The average Bonchev–Trinajstić information content (AvgIpc) is 2.49. The summed E-state index contributed by atoms with van der Waals surface area (Å²) < 4.78 is 0. The van der Waals surface area contributed by atoms with E-state index in [9.17, 15) is 9.59 Å². The molecule has 0 aliphatic heterocycles. The van der Waals surface area contributed by atoms with E-state index in [-0.39, 0.29) is 43.9 Å². The largest absolute Gasteiger partial charge is 0.396 e. The molecule has 0 unspecified atom stereocenters. The Morgan fingerprint density at radius 1 is 0.905 bits per heavy atom. The van der Waals surface area contributed by atoms with Gasteiger partial charge in [0.25, 0.3) is 0 Å². The number of hydrogen-bond acceptors (Lipinski definition) is 6. The Labute approximate surface area is 124 Å². The summed E-state index contributed by atoms with van der Waals surface area (Å²) in [5.74, 6) is -0.718. The highest BCUT2D eigenvalue weighted by molar-refractivity contribution is 5.86. The molecule has 0 saturated carbocycles. The number of carbonyl (C=O) groups is 2. The van der Waals surface area contributed by atoms with Gasteiger partial charge in [-0.1, -0.05) is 27.0 Å². The van der Waals surface area contributed by atoms with Crippen molar-refractivity contribution in [3.63, 3.8) is 0 Å². The molecule has 0 aliphatic rings. The summed E-state index contributed by atoms with van der Waals surface area (Å²) in [5.41, 5.74) is -0.306. The van der Waals surface area contributed by atoms with Crippen molar-refractivity contribution in [3.05, 3.63) is 25.3 Å². The molecule has 0 aliphatic carbocycles. The summed E-state index contributed by atoms with van der Waals surface area (Å²) in [6.07, 6.45) is 2.19. The molecule has 0 heterocycles. The topological polar surface area (TPSA) is 139 Å². The molecular formula is C13H26N2O6. The van der Waals surface area contributed by atoms with Gasteiger partial charge in [0.15, 0.2) is 0 Å². The Kier molecular flexibility index (Phi) is 18.9. The van der Waals surface area contributed by atoms with Crippen LogP contribution in [0.5, 0.6) is 0 Å². The lowest BCUT2D eigenvalue weighted by Crippen LogP contribution is -2.20. The number of aliphatic hydroxyl groups is 4. The zero-order valence-corrected chi connectivity index (χ0v) is 12.5. The molecule has 0 rings (SSSR count). The predicted octanol–water partition coefficient (Wildman–Crippen LogP) is -1.53. The van der Waals surface area contributed by atoms with Crippen LogP contribution >= 0.6 is 0 Å². The first kappa shape index (κ1) is 24.3. The summed E-state index contributed by atoms with van der Waals surface area (Å²) in [4.78, 5) is 20.0. The highest BCUT2D eigenvalue weighted by atomic mass is 16.3. The molecule has 0 aromatic rings. The maximum atomic E-state index is 10.0. The molecule has 0 atom stereocenters. The minimum Gasteiger partial charge on any atom is -0.396 e. The van der Waals surface area contributed by atoms with Gasteiger partial charge in [-0.05, 0) is 12.2 Å². The molecule has 0 aromatic carbocycles. The molecule has 0 radical (unpaired) electrons. The van der Waals surface area contributed by atoms with E-state index in [0.29, 0.717) is 0 Å². The van der Waals surface area contributed by atoms with Crippen LogP contribution in [0.1, 0.15) is 13.8 Å². The predicted molar refractivity (Wildman–Crippen MR) is 78.8 cm³/mol. The van der Waals surface area contributed by atoms with Gasteiger partial charge in [-0.25, -0.2) is 0 Å². The first-order valence-corrected chi connectivity index (χ1v) is 5.98. The average molecular weight is 306 g/mol. The number of rotatable bonds is 6. The number of carbonyl (C=O) groups excluding carboxylic acids is 2. The summed E-state index contributed by atoms with van der Waals surface area (Å²) in [6.45, 7) is 9.34. The quantitative estimate of drug-likeness (QED) is 0.260. The van der Waals surface area contributed by atoms with Crippen LogP contribution in [-0.4, -0.2) is 58.9 Å². The van der Waals surface area contributed by atoms with Gasteiger partial charge in [0, 0.05) is 5.41 Å². The van der Waals surface area contributed by atoms with Crippen molar-refractivity contribution in [1.82, 2.24) is 10.6 Å². The molecule has 0 bridgehead atoms. The van der Waals surface area contributed by atoms with Gasteiger partial charge < -0.3 is 31.1 Å². The third kappa shape index (κ3) is 23.7. The van der Waals surface area contributed by atoms with Crippen molar-refractivity contribution in [1.29, 1.82) is 0 Å². The Bertz CT molecular complexity index is 277. The summed E-state index contributed by atoms with van der Waals surface area (Å²) >= 11 is 0. The van der Waals surface area contributed by atoms with Gasteiger partial charge in [0.05, 0.1) is 13.2 Å². The highest BCUT2D eigenvalue weighted by Gasteiger charge is 2.13. The smallest absolute Gasteiger partial charge is 0.245 e. The Balaban J connectivity index is -0.000000231. The van der Waals surface area contributed by atoms with Crippen LogP contribution in [0, 0.1) is 5.41 Å². The van der Waals surface area contributed by atoms with E-state index in [1.807, 2.05) is 0 Å². The van der Waals surface area contributed by atoms with Crippen LogP contribution in [0.15, 0.2) is 25.3 Å². The van der Waals surface area contributed by atoms with Crippen molar-refractivity contribution in [2.24, 2.45) is 5.41 Å². The van der Waals surface area contributed by atoms with Crippen molar-refractivity contribution < 1.29 is 30.0 Å². The molecule has 8 nitrogen and oxygen atoms in total. The van der Waals surface area contributed by atoms with E-state index in [1.165, 1.54) is 0 Å². The van der Waals surface area contributed by atoms with Crippen LogP contribution in [0.3, 0.4) is 0 Å². The zero-order chi connectivity index (χ0) is 17.3. The molecule has 0 aromatic heterocycles. The van der Waals surface area contributed by atoms with E-state index in [4.69, 9.17) is 20.4 Å². The lowest BCUT2D eigenvalue weighted by Gasteiger charge is -2.16. The molecule has 0 fully saturated rings. The molecular weight excluding hydrogens is 280 g/mol. The normalized spacial score (nSPS) is 9.05. The fraction of sp³-hybridized carbons (Fsp3) is 0.538. The molecule has 0 saturated heterocycles. The standard InChI is InChI=1S/C5H12O2.2C4H7NO2/c1-5(2,3-6)4-7;2*1-2-4(7)5-3-6/h6-7H,3-4H2,1-2H3;2*2,6H,1,3H2,(H,5,7). The van der Waals surface area contributed by atoms with E-state index in [0.717, 1.165) is 12.2 Å². The van der Waals surface area contributed by atoms with Crippen LogP contribution in [0.4, 0.5) is 0 Å². The monoisotopic (exact) mass is 306 g/mol. The van der Waals surface area contributed by atoms with Crippen LogP contribution < -0.4 is 10.6 Å². The third-order valence-electron chi connectivity index (χ3n) is 1.73. The van der Waals surface area contributed by atoms with E-state index in [2.05, 4.69) is 23.8 Å². The summed E-state index contributed by atoms with van der Waals surface area (Å²) in [6, 6.07) is 0. The number of nitrogens with one attached hydrogen (secondary N) is 2. The summed E-state index contributed by atoms with van der Waals surface area (Å²) in [5, 5.41) is 37.0. The first-order valence-electron chi connectivity index (χ1n) is 5.98. The van der Waals surface area contributed by atoms with Crippen LogP contribution in [0.2, 0.25) is 0 Å². The molecule has 6 N–H and O–H groups in total. The fourth-order valence-electron chi connectivity index (χ4n) is 0.350. The first-order chi connectivity index (χ1) is 9.74. The molecule has 8 heteroatoms. The number of aliphatic hydroxyl groups excluding tert-OH is 4. The minimum absolute atomic E-state index is 0.0451. The maximum absolute atomic E-state index is 10.0.